The molecule has 0 bridgehead atoms. The Morgan fingerprint density at radius 2 is 1.58 bits per heavy atom. The number of nitrogens with one attached hydrogen (secondary N) is 1. The third-order valence-corrected chi connectivity index (χ3v) is 4.54. The SMILES string of the molecule is CS(=O)(=O)Cc1ccc(C(=O)Nc2cccc3ccccc23)cc1. The summed E-state index contributed by atoms with van der Waals surface area (Å²) >= 11 is 0. The molecule has 24 heavy (non-hydrogen) atoms. The number of fused-ring (bicyclic) bond motifs is 1. The van der Waals surface area contributed by atoms with Crippen molar-refractivity contribution in [1.82, 2.24) is 0 Å². The monoisotopic (exact) mass is 339 g/mol. The van der Waals surface area contributed by atoms with Crippen molar-refractivity contribution in [2.45, 2.75) is 5.75 Å². The van der Waals surface area contributed by atoms with E-state index in [2.05, 4.69) is 5.32 Å². The van der Waals surface area contributed by atoms with E-state index in [0.29, 0.717) is 11.1 Å². The predicted octanol–water partition coefficient (Wildman–Crippen LogP) is 3.64. The van der Waals surface area contributed by atoms with Gasteiger partial charge in [-0.3, -0.25) is 4.79 Å². The molecule has 0 heterocycles. The molecular weight excluding hydrogens is 322 g/mol. The molecule has 0 radical (unpaired) electrons. The molecule has 5 heteroatoms. The van der Waals surface area contributed by atoms with Gasteiger partial charge in [-0.15, -0.1) is 0 Å². The Labute approximate surface area is 141 Å². The minimum absolute atomic E-state index is 0.0295. The van der Waals surface area contributed by atoms with Gasteiger partial charge in [0.2, 0.25) is 0 Å². The van der Waals surface area contributed by atoms with Crippen LogP contribution in [0.15, 0.2) is 66.7 Å². The second-order valence-corrected chi connectivity index (χ2v) is 7.89. The van der Waals surface area contributed by atoms with Gasteiger partial charge in [0.25, 0.3) is 5.91 Å². The fraction of sp³-hybridized carbons (Fsp3) is 0.105. The van der Waals surface area contributed by atoms with Gasteiger partial charge in [0.05, 0.1) is 5.75 Å². The number of amides is 1. The highest BCUT2D eigenvalue weighted by Crippen LogP contribution is 2.23. The van der Waals surface area contributed by atoms with Gasteiger partial charge < -0.3 is 5.32 Å². The molecular formula is C19H17NO3S. The van der Waals surface area contributed by atoms with Crippen LogP contribution in [0.5, 0.6) is 0 Å². The highest BCUT2D eigenvalue weighted by atomic mass is 32.2. The molecule has 0 aliphatic carbocycles. The molecule has 0 atom stereocenters. The molecule has 4 nitrogen and oxygen atoms in total. The first-order valence-corrected chi connectivity index (χ1v) is 9.54. The van der Waals surface area contributed by atoms with E-state index in [9.17, 15) is 13.2 Å². The molecule has 0 unspecified atom stereocenters. The number of carbonyl (C=O) groups excluding carboxylic acids is 1. The molecule has 1 N–H and O–H groups in total. The average molecular weight is 339 g/mol. The van der Waals surface area contributed by atoms with Gasteiger partial charge in [-0.25, -0.2) is 8.42 Å². The van der Waals surface area contributed by atoms with Crippen molar-refractivity contribution < 1.29 is 13.2 Å². The van der Waals surface area contributed by atoms with E-state index in [-0.39, 0.29) is 11.7 Å². The van der Waals surface area contributed by atoms with Gasteiger partial charge >= 0.3 is 0 Å². The van der Waals surface area contributed by atoms with Crippen molar-refractivity contribution in [2.75, 3.05) is 11.6 Å². The Hall–Kier alpha value is -2.66. The van der Waals surface area contributed by atoms with Crippen molar-refractivity contribution in [3.63, 3.8) is 0 Å². The first kappa shape index (κ1) is 16.2. The number of hydrogen-bond acceptors (Lipinski definition) is 3. The first-order valence-electron chi connectivity index (χ1n) is 7.48. The van der Waals surface area contributed by atoms with Crippen molar-refractivity contribution in [1.29, 1.82) is 0 Å². The zero-order chi connectivity index (χ0) is 17.2. The van der Waals surface area contributed by atoms with Crippen LogP contribution in [-0.4, -0.2) is 20.6 Å². The molecule has 0 aliphatic heterocycles. The maximum atomic E-state index is 12.4. The van der Waals surface area contributed by atoms with Crippen LogP contribution in [0.2, 0.25) is 0 Å². The normalized spacial score (nSPS) is 11.4. The van der Waals surface area contributed by atoms with Crippen LogP contribution >= 0.6 is 0 Å². The van der Waals surface area contributed by atoms with Crippen LogP contribution in [0.4, 0.5) is 5.69 Å². The number of sulfone groups is 1. The number of hydrogen-bond donors (Lipinski definition) is 1. The maximum absolute atomic E-state index is 12.4. The molecule has 3 aromatic rings. The average Bonchev–Trinajstić information content (AvgIpc) is 2.54. The van der Waals surface area contributed by atoms with Crippen molar-refractivity contribution in [3.05, 3.63) is 77.9 Å². The standard InChI is InChI=1S/C19H17NO3S/c1-24(22,23)13-14-9-11-16(12-10-14)19(21)20-18-8-4-6-15-5-2-3-7-17(15)18/h2-12H,13H2,1H3,(H,20,21). The molecule has 0 fully saturated rings. The van der Waals surface area contributed by atoms with Gasteiger partial charge in [-0.05, 0) is 29.1 Å². The van der Waals surface area contributed by atoms with Crippen molar-refractivity contribution in [2.24, 2.45) is 0 Å². The quantitative estimate of drug-likeness (QED) is 0.789. The Morgan fingerprint density at radius 3 is 2.29 bits per heavy atom. The minimum atomic E-state index is -3.08. The van der Waals surface area contributed by atoms with Gasteiger partial charge in [0, 0.05) is 22.9 Å². The van der Waals surface area contributed by atoms with E-state index in [1.807, 2.05) is 42.5 Å². The number of carbonyl (C=O) groups is 1. The summed E-state index contributed by atoms with van der Waals surface area (Å²) in [6.07, 6.45) is 1.19. The van der Waals surface area contributed by atoms with Crippen molar-refractivity contribution >= 4 is 32.2 Å². The van der Waals surface area contributed by atoms with Gasteiger partial charge in [0.1, 0.15) is 0 Å². The molecule has 0 aliphatic rings. The van der Waals surface area contributed by atoms with Crippen LogP contribution in [0, 0.1) is 0 Å². The molecule has 0 saturated carbocycles. The van der Waals surface area contributed by atoms with E-state index in [1.165, 1.54) is 6.26 Å². The second kappa shape index (κ2) is 6.45. The smallest absolute Gasteiger partial charge is 0.255 e. The van der Waals surface area contributed by atoms with Crippen LogP contribution in [0.3, 0.4) is 0 Å². The topological polar surface area (TPSA) is 63.2 Å². The molecule has 3 rings (SSSR count). The van der Waals surface area contributed by atoms with Crippen LogP contribution in [0.1, 0.15) is 15.9 Å². The summed E-state index contributed by atoms with van der Waals surface area (Å²) in [7, 11) is -3.08. The summed E-state index contributed by atoms with van der Waals surface area (Å²) in [5.74, 6) is -0.254. The van der Waals surface area contributed by atoms with E-state index in [1.54, 1.807) is 24.3 Å². The molecule has 0 spiro atoms. The predicted molar refractivity (Wildman–Crippen MR) is 96.9 cm³/mol. The number of benzene rings is 3. The fourth-order valence-electron chi connectivity index (χ4n) is 2.58. The van der Waals surface area contributed by atoms with Crippen molar-refractivity contribution in [3.8, 4) is 0 Å². The lowest BCUT2D eigenvalue weighted by Crippen LogP contribution is -2.12. The number of rotatable bonds is 4. The Bertz CT molecular complexity index is 987. The summed E-state index contributed by atoms with van der Waals surface area (Å²) < 4.78 is 22.6. The molecule has 0 saturated heterocycles. The summed E-state index contributed by atoms with van der Waals surface area (Å²) in [4.78, 5) is 12.4. The summed E-state index contributed by atoms with van der Waals surface area (Å²) in [6.45, 7) is 0. The van der Waals surface area contributed by atoms with E-state index >= 15 is 0 Å². The lowest BCUT2D eigenvalue weighted by atomic mass is 10.1. The minimum Gasteiger partial charge on any atom is -0.321 e. The highest BCUT2D eigenvalue weighted by Gasteiger charge is 2.10. The van der Waals surface area contributed by atoms with Crippen LogP contribution < -0.4 is 5.32 Å². The molecule has 0 aromatic heterocycles. The zero-order valence-electron chi connectivity index (χ0n) is 13.2. The maximum Gasteiger partial charge on any atom is 0.255 e. The third-order valence-electron chi connectivity index (χ3n) is 3.68. The summed E-state index contributed by atoms with van der Waals surface area (Å²) in [5.41, 5.74) is 1.90. The van der Waals surface area contributed by atoms with Gasteiger partial charge in [0.15, 0.2) is 9.84 Å². The van der Waals surface area contributed by atoms with Gasteiger partial charge in [-0.1, -0.05) is 48.5 Å². The summed E-state index contributed by atoms with van der Waals surface area (Å²) in [6, 6.07) is 20.2. The highest BCUT2D eigenvalue weighted by molar-refractivity contribution is 7.89. The Kier molecular flexibility index (Phi) is 4.36. The first-order chi connectivity index (χ1) is 11.4. The largest absolute Gasteiger partial charge is 0.321 e. The summed E-state index contributed by atoms with van der Waals surface area (Å²) in [5, 5.41) is 4.94. The van der Waals surface area contributed by atoms with E-state index in [4.69, 9.17) is 0 Å². The second-order valence-electron chi connectivity index (χ2n) is 5.75. The van der Waals surface area contributed by atoms with E-state index < -0.39 is 9.84 Å². The Morgan fingerprint density at radius 1 is 0.917 bits per heavy atom. The lowest BCUT2D eigenvalue weighted by Gasteiger charge is -2.09. The zero-order valence-corrected chi connectivity index (χ0v) is 14.0. The fourth-order valence-corrected chi connectivity index (χ4v) is 3.38. The Balaban J connectivity index is 1.82. The lowest BCUT2D eigenvalue weighted by molar-refractivity contribution is 0.102. The number of anilines is 1. The van der Waals surface area contributed by atoms with Crippen LogP contribution in [0.25, 0.3) is 10.8 Å². The van der Waals surface area contributed by atoms with Gasteiger partial charge in [-0.2, -0.15) is 0 Å². The molecule has 3 aromatic carbocycles. The molecule has 1 amide bonds. The van der Waals surface area contributed by atoms with E-state index in [0.717, 1.165) is 16.5 Å². The third kappa shape index (κ3) is 3.81. The molecule has 122 valence electrons. The van der Waals surface area contributed by atoms with Crippen LogP contribution in [-0.2, 0) is 15.6 Å².